The van der Waals surface area contributed by atoms with Crippen LogP contribution in [0.2, 0.25) is 0 Å². The number of aromatic nitrogens is 2. The Balaban J connectivity index is 1.58. The predicted octanol–water partition coefficient (Wildman–Crippen LogP) is 3.58. The van der Waals surface area contributed by atoms with E-state index in [1.54, 1.807) is 17.7 Å². The molecule has 24 heavy (non-hydrogen) atoms. The molecule has 6 heteroatoms. The van der Waals surface area contributed by atoms with E-state index >= 15 is 0 Å². The normalized spacial score (nSPS) is 16.4. The van der Waals surface area contributed by atoms with Crippen LogP contribution in [0.3, 0.4) is 0 Å². The number of anilines is 1. The van der Waals surface area contributed by atoms with Crippen molar-refractivity contribution in [2.45, 2.75) is 20.0 Å². The van der Waals surface area contributed by atoms with E-state index in [1.807, 2.05) is 31.3 Å². The fourth-order valence-electron chi connectivity index (χ4n) is 3.00. The lowest BCUT2D eigenvalue weighted by Crippen LogP contribution is -2.39. The molecule has 0 N–H and O–H groups in total. The summed E-state index contributed by atoms with van der Waals surface area (Å²) in [5, 5.41) is 1.14. The number of thiophene rings is 1. The maximum absolute atomic E-state index is 6.06. The first-order valence-corrected chi connectivity index (χ1v) is 8.75. The van der Waals surface area contributed by atoms with Crippen LogP contribution in [0, 0.1) is 13.8 Å². The van der Waals surface area contributed by atoms with Crippen LogP contribution in [0.5, 0.6) is 11.5 Å². The van der Waals surface area contributed by atoms with Gasteiger partial charge in [-0.2, -0.15) is 0 Å². The van der Waals surface area contributed by atoms with Gasteiger partial charge in [0.15, 0.2) is 17.6 Å². The Bertz CT molecular complexity index is 893. The lowest BCUT2D eigenvalue weighted by molar-refractivity contribution is 0.0960. The van der Waals surface area contributed by atoms with Gasteiger partial charge in [-0.15, -0.1) is 11.3 Å². The second kappa shape index (κ2) is 5.94. The summed E-state index contributed by atoms with van der Waals surface area (Å²) in [6.45, 7) is 5.50. The van der Waals surface area contributed by atoms with Crippen LogP contribution in [-0.2, 0) is 0 Å². The van der Waals surface area contributed by atoms with Gasteiger partial charge in [0.05, 0.1) is 11.9 Å². The Hall–Kier alpha value is -2.34. The number of hydrogen-bond donors (Lipinski definition) is 0. The van der Waals surface area contributed by atoms with Gasteiger partial charge in [-0.1, -0.05) is 12.1 Å². The Morgan fingerprint density at radius 2 is 2.00 bits per heavy atom. The van der Waals surface area contributed by atoms with Crippen LogP contribution in [0.15, 0.2) is 30.6 Å². The molecule has 1 aliphatic heterocycles. The molecule has 124 valence electrons. The van der Waals surface area contributed by atoms with Gasteiger partial charge in [0.25, 0.3) is 0 Å². The lowest BCUT2D eigenvalue weighted by Gasteiger charge is -2.30. The SMILES string of the molecule is Cc1sc2ncnc(N(C)C[C@H]3COc4ccccc4O3)c2c1C. The molecule has 5 nitrogen and oxygen atoms in total. The summed E-state index contributed by atoms with van der Waals surface area (Å²) >= 11 is 1.71. The van der Waals surface area contributed by atoms with E-state index in [0.717, 1.165) is 27.5 Å². The van der Waals surface area contributed by atoms with Crippen molar-refractivity contribution in [3.63, 3.8) is 0 Å². The van der Waals surface area contributed by atoms with E-state index in [1.165, 1.54) is 10.4 Å². The number of nitrogens with zero attached hydrogens (tertiary/aromatic N) is 3. The van der Waals surface area contributed by atoms with E-state index in [-0.39, 0.29) is 6.10 Å². The number of para-hydroxylation sites is 2. The van der Waals surface area contributed by atoms with Crippen molar-refractivity contribution in [3.05, 3.63) is 41.0 Å². The van der Waals surface area contributed by atoms with E-state index in [0.29, 0.717) is 13.2 Å². The van der Waals surface area contributed by atoms with Crippen LogP contribution in [-0.4, -0.2) is 36.3 Å². The molecule has 1 atom stereocenters. The highest BCUT2D eigenvalue weighted by molar-refractivity contribution is 7.18. The molecular weight excluding hydrogens is 322 g/mol. The molecule has 3 heterocycles. The highest BCUT2D eigenvalue weighted by atomic mass is 32.1. The Labute approximate surface area is 144 Å². The van der Waals surface area contributed by atoms with Gasteiger partial charge in [-0.3, -0.25) is 0 Å². The fourth-order valence-corrected chi connectivity index (χ4v) is 3.99. The van der Waals surface area contributed by atoms with Crippen LogP contribution < -0.4 is 14.4 Å². The zero-order valence-electron chi connectivity index (χ0n) is 13.9. The third-order valence-electron chi connectivity index (χ3n) is 4.35. The predicted molar refractivity (Wildman–Crippen MR) is 96.5 cm³/mol. The molecule has 0 aliphatic carbocycles. The molecule has 4 rings (SSSR count). The smallest absolute Gasteiger partial charge is 0.161 e. The van der Waals surface area contributed by atoms with Gasteiger partial charge < -0.3 is 14.4 Å². The number of hydrogen-bond acceptors (Lipinski definition) is 6. The molecule has 1 aromatic carbocycles. The highest BCUT2D eigenvalue weighted by Crippen LogP contribution is 2.35. The summed E-state index contributed by atoms with van der Waals surface area (Å²) in [7, 11) is 2.04. The molecule has 2 aromatic heterocycles. The van der Waals surface area contributed by atoms with E-state index in [2.05, 4.69) is 28.7 Å². The third kappa shape index (κ3) is 2.57. The van der Waals surface area contributed by atoms with Crippen molar-refractivity contribution in [3.8, 4) is 11.5 Å². The van der Waals surface area contributed by atoms with Crippen molar-refractivity contribution in [1.82, 2.24) is 9.97 Å². The van der Waals surface area contributed by atoms with Gasteiger partial charge in [0, 0.05) is 11.9 Å². The first-order valence-electron chi connectivity index (χ1n) is 7.94. The second-order valence-electron chi connectivity index (χ2n) is 6.04. The standard InChI is InChI=1S/C18H19N3O2S/c1-11-12(2)24-18-16(11)17(19-10-20-18)21(3)8-13-9-22-14-6-4-5-7-15(14)23-13/h4-7,10,13H,8-9H2,1-3H3/t13-/m0/s1. The quantitative estimate of drug-likeness (QED) is 0.729. The largest absolute Gasteiger partial charge is 0.486 e. The average Bonchev–Trinajstić information content (AvgIpc) is 2.89. The summed E-state index contributed by atoms with van der Waals surface area (Å²) in [4.78, 5) is 13.4. The van der Waals surface area contributed by atoms with E-state index in [9.17, 15) is 0 Å². The highest BCUT2D eigenvalue weighted by Gasteiger charge is 2.24. The molecule has 0 bridgehead atoms. The molecule has 0 saturated carbocycles. The molecule has 0 saturated heterocycles. The monoisotopic (exact) mass is 341 g/mol. The van der Waals surface area contributed by atoms with Crippen LogP contribution >= 0.6 is 11.3 Å². The minimum absolute atomic E-state index is 0.0324. The third-order valence-corrected chi connectivity index (χ3v) is 5.47. The van der Waals surface area contributed by atoms with E-state index in [4.69, 9.17) is 9.47 Å². The topological polar surface area (TPSA) is 47.5 Å². The van der Waals surface area contributed by atoms with Crippen LogP contribution in [0.4, 0.5) is 5.82 Å². The minimum atomic E-state index is -0.0324. The number of benzene rings is 1. The molecule has 0 radical (unpaired) electrons. The Morgan fingerprint density at radius 1 is 1.21 bits per heavy atom. The van der Waals surface area contributed by atoms with Crippen molar-refractivity contribution < 1.29 is 9.47 Å². The van der Waals surface area contributed by atoms with Gasteiger partial charge in [0.1, 0.15) is 23.6 Å². The first-order chi connectivity index (χ1) is 11.6. The summed E-state index contributed by atoms with van der Waals surface area (Å²) in [6.07, 6.45) is 1.60. The average molecular weight is 341 g/mol. The molecule has 3 aromatic rings. The molecular formula is C18H19N3O2S. The number of ether oxygens (including phenoxy) is 2. The van der Waals surface area contributed by atoms with Crippen molar-refractivity contribution in [2.75, 3.05) is 25.1 Å². The maximum Gasteiger partial charge on any atom is 0.161 e. The van der Waals surface area contributed by atoms with Gasteiger partial charge >= 0.3 is 0 Å². The second-order valence-corrected chi connectivity index (χ2v) is 7.24. The minimum Gasteiger partial charge on any atom is -0.486 e. The maximum atomic E-state index is 6.06. The lowest BCUT2D eigenvalue weighted by atomic mass is 10.2. The Morgan fingerprint density at radius 3 is 2.83 bits per heavy atom. The molecule has 0 unspecified atom stereocenters. The number of rotatable bonds is 3. The van der Waals surface area contributed by atoms with Crippen LogP contribution in [0.1, 0.15) is 10.4 Å². The summed E-state index contributed by atoms with van der Waals surface area (Å²) in [5.41, 5.74) is 1.25. The van der Waals surface area contributed by atoms with E-state index < -0.39 is 0 Å². The van der Waals surface area contributed by atoms with Crippen molar-refractivity contribution in [2.24, 2.45) is 0 Å². The van der Waals surface area contributed by atoms with Gasteiger partial charge in [0.2, 0.25) is 0 Å². The molecule has 0 spiro atoms. The van der Waals surface area contributed by atoms with Crippen molar-refractivity contribution >= 4 is 27.4 Å². The van der Waals surface area contributed by atoms with Crippen LogP contribution in [0.25, 0.3) is 10.2 Å². The fraction of sp³-hybridized carbons (Fsp3) is 0.333. The zero-order valence-corrected chi connectivity index (χ0v) is 14.8. The summed E-state index contributed by atoms with van der Waals surface area (Å²) in [5.74, 6) is 2.56. The van der Waals surface area contributed by atoms with Crippen molar-refractivity contribution in [1.29, 1.82) is 0 Å². The zero-order chi connectivity index (χ0) is 16.7. The molecule has 0 fully saturated rings. The Kier molecular flexibility index (Phi) is 3.76. The number of likely N-dealkylation sites (N-methyl/N-ethyl adjacent to an activating group) is 1. The van der Waals surface area contributed by atoms with Gasteiger partial charge in [-0.25, -0.2) is 9.97 Å². The number of aryl methyl sites for hydroxylation is 2. The first kappa shape index (κ1) is 15.2. The molecule has 1 aliphatic rings. The molecule has 0 amide bonds. The summed E-state index contributed by atoms with van der Waals surface area (Å²) in [6, 6.07) is 7.78. The van der Waals surface area contributed by atoms with Gasteiger partial charge in [-0.05, 0) is 31.5 Å². The number of fused-ring (bicyclic) bond motifs is 2. The summed E-state index contributed by atoms with van der Waals surface area (Å²) < 4.78 is 11.9.